The molecule has 0 radical (unpaired) electrons. The Kier molecular flexibility index (Phi) is 3.99. The smallest absolute Gasteiger partial charge is 0.438 e. The van der Waals surface area contributed by atoms with Gasteiger partial charge in [0.25, 0.3) is 0 Å². The lowest BCUT2D eigenvalue weighted by molar-refractivity contribution is -0.142. The summed E-state index contributed by atoms with van der Waals surface area (Å²) in [6.07, 6.45) is -9.13. The second kappa shape index (κ2) is 5.24. The molecule has 11 heteroatoms. The molecule has 0 aliphatic carbocycles. The second-order valence-electron chi connectivity index (χ2n) is 4.09. The van der Waals surface area contributed by atoms with Gasteiger partial charge in [-0.1, -0.05) is 23.2 Å². The first-order valence-corrected chi connectivity index (χ1v) is 6.09. The molecule has 0 fully saturated rings. The van der Waals surface area contributed by atoms with Crippen LogP contribution in [0.4, 0.5) is 26.3 Å². The average Bonchev–Trinajstić information content (AvgIpc) is 2.68. The van der Waals surface area contributed by atoms with Crippen molar-refractivity contribution in [2.24, 2.45) is 0 Å². The monoisotopic (exact) mass is 364 g/mol. The molecule has 1 aromatic carbocycles. The van der Waals surface area contributed by atoms with Crippen LogP contribution in [0.1, 0.15) is 11.3 Å². The quantitative estimate of drug-likeness (QED) is 0.729. The topological polar surface area (TPSA) is 38.0 Å². The summed E-state index contributed by atoms with van der Waals surface area (Å²) >= 11 is 11.3. The van der Waals surface area contributed by atoms with Crippen molar-refractivity contribution in [1.29, 1.82) is 0 Å². The molecule has 0 unspecified atom stereocenters. The summed E-state index contributed by atoms with van der Waals surface area (Å²) < 4.78 is 75.8. The summed E-state index contributed by atoms with van der Waals surface area (Å²) in [5.41, 5.74) is -3.19. The fourth-order valence-corrected chi connectivity index (χ4v) is 2.29. The normalized spacial score (nSPS) is 12.7. The molecule has 2 aromatic rings. The zero-order chi connectivity index (χ0) is 16.9. The number of benzene rings is 1. The Morgan fingerprint density at radius 3 is 1.82 bits per heavy atom. The Labute approximate surface area is 128 Å². The van der Waals surface area contributed by atoms with Crippen LogP contribution in [0.2, 0.25) is 10.0 Å². The molecule has 0 saturated heterocycles. The number of aromatic hydroxyl groups is 1. The molecule has 1 heterocycles. The molecule has 2 rings (SSSR count). The Balaban J connectivity index is 2.60. The van der Waals surface area contributed by atoms with Gasteiger partial charge in [0.15, 0.2) is 5.75 Å². The van der Waals surface area contributed by atoms with Crippen LogP contribution >= 0.6 is 23.2 Å². The highest BCUT2D eigenvalue weighted by Gasteiger charge is 2.38. The summed E-state index contributed by atoms with van der Waals surface area (Å²) in [5, 5.41) is 11.1. The van der Waals surface area contributed by atoms with Gasteiger partial charge in [0.1, 0.15) is 5.69 Å². The van der Waals surface area contributed by atoms with E-state index in [-0.39, 0.29) is 0 Å². The van der Waals surface area contributed by atoms with E-state index in [4.69, 9.17) is 23.2 Å². The fraction of sp³-hybridized carbons (Fsp3) is 0.182. The minimum absolute atomic E-state index is 0.415. The van der Waals surface area contributed by atoms with E-state index >= 15 is 0 Å². The zero-order valence-corrected chi connectivity index (χ0v) is 11.6. The van der Waals surface area contributed by atoms with Crippen molar-refractivity contribution < 1.29 is 31.4 Å². The van der Waals surface area contributed by atoms with Crippen LogP contribution in [-0.2, 0) is 12.4 Å². The van der Waals surface area contributed by atoms with E-state index in [0.29, 0.717) is 23.0 Å². The summed E-state index contributed by atoms with van der Waals surface area (Å²) in [7, 11) is 0. The van der Waals surface area contributed by atoms with Gasteiger partial charge in [-0.25, -0.2) is 4.68 Å². The minimum atomic E-state index is -4.94. The molecule has 120 valence electrons. The van der Waals surface area contributed by atoms with Gasteiger partial charge < -0.3 is 5.11 Å². The number of rotatable bonds is 1. The van der Waals surface area contributed by atoms with E-state index in [1.54, 1.807) is 0 Å². The van der Waals surface area contributed by atoms with Crippen LogP contribution in [0.25, 0.3) is 5.69 Å². The molecule has 3 nitrogen and oxygen atoms in total. The van der Waals surface area contributed by atoms with Crippen LogP contribution in [0, 0.1) is 0 Å². The molecule has 0 amide bonds. The van der Waals surface area contributed by atoms with Crippen molar-refractivity contribution in [3.8, 4) is 11.4 Å². The predicted molar refractivity (Wildman–Crippen MR) is 65.3 cm³/mol. The molecule has 0 atom stereocenters. The molecule has 1 aromatic heterocycles. The van der Waals surface area contributed by atoms with Crippen LogP contribution in [0.3, 0.4) is 0 Å². The van der Waals surface area contributed by atoms with Gasteiger partial charge in [0.2, 0.25) is 5.69 Å². The largest absolute Gasteiger partial charge is 0.504 e. The van der Waals surface area contributed by atoms with Crippen molar-refractivity contribution in [2.75, 3.05) is 0 Å². The predicted octanol–water partition coefficient (Wildman–Crippen LogP) is 4.92. The summed E-state index contributed by atoms with van der Waals surface area (Å²) in [4.78, 5) is 0. The van der Waals surface area contributed by atoms with Crippen LogP contribution in [0.15, 0.2) is 18.3 Å². The maximum absolute atomic E-state index is 12.6. The van der Waals surface area contributed by atoms with Crippen molar-refractivity contribution in [2.45, 2.75) is 12.4 Å². The Morgan fingerprint density at radius 2 is 1.45 bits per heavy atom. The van der Waals surface area contributed by atoms with Gasteiger partial charge in [0, 0.05) is 0 Å². The lowest BCUT2D eigenvalue weighted by Gasteiger charge is -2.12. The lowest BCUT2D eigenvalue weighted by Crippen LogP contribution is -2.09. The highest BCUT2D eigenvalue weighted by atomic mass is 35.5. The summed E-state index contributed by atoms with van der Waals surface area (Å²) in [6.45, 7) is 0. The van der Waals surface area contributed by atoms with Gasteiger partial charge >= 0.3 is 12.4 Å². The summed E-state index contributed by atoms with van der Waals surface area (Å²) in [5.74, 6) is -1.21. The Bertz CT molecular complexity index is 699. The van der Waals surface area contributed by atoms with E-state index in [1.807, 2.05) is 0 Å². The standard InChI is InChI=1S/C11H4Cl2F6N2O/c12-5-1-4(10(14,15)16)2-6(13)8(5)21-3-7(22)9(20-21)11(17,18)19/h1-3,22H. The van der Waals surface area contributed by atoms with Crippen molar-refractivity contribution in [3.05, 3.63) is 39.6 Å². The lowest BCUT2D eigenvalue weighted by atomic mass is 10.2. The van der Waals surface area contributed by atoms with Gasteiger partial charge in [-0.2, -0.15) is 31.4 Å². The average molecular weight is 365 g/mol. The number of nitrogens with zero attached hydrogens (tertiary/aromatic N) is 2. The van der Waals surface area contributed by atoms with E-state index in [9.17, 15) is 31.4 Å². The highest BCUT2D eigenvalue weighted by molar-refractivity contribution is 6.37. The molecule has 0 aliphatic rings. The van der Waals surface area contributed by atoms with Crippen molar-refractivity contribution in [1.82, 2.24) is 9.78 Å². The third-order valence-corrected chi connectivity index (χ3v) is 3.11. The number of aromatic nitrogens is 2. The van der Waals surface area contributed by atoms with Crippen molar-refractivity contribution >= 4 is 23.2 Å². The first-order chi connectivity index (χ1) is 9.91. The number of halogens is 8. The highest BCUT2D eigenvalue weighted by Crippen LogP contribution is 2.39. The van der Waals surface area contributed by atoms with Gasteiger partial charge in [-0.05, 0) is 12.1 Å². The Hall–Kier alpha value is -1.61. The SMILES string of the molecule is Oc1cn(-c2c(Cl)cc(C(F)(F)F)cc2Cl)nc1C(F)(F)F. The molecule has 0 aliphatic heterocycles. The van der Waals surface area contributed by atoms with E-state index < -0.39 is 45.1 Å². The first-order valence-electron chi connectivity index (χ1n) is 5.33. The first kappa shape index (κ1) is 16.8. The third kappa shape index (κ3) is 3.09. The number of hydrogen-bond donors (Lipinski definition) is 1. The zero-order valence-electron chi connectivity index (χ0n) is 10.1. The molecular formula is C11H4Cl2F6N2O. The van der Waals surface area contributed by atoms with Crippen LogP contribution in [-0.4, -0.2) is 14.9 Å². The van der Waals surface area contributed by atoms with E-state index in [1.165, 1.54) is 0 Å². The maximum Gasteiger partial charge on any atom is 0.438 e. The van der Waals surface area contributed by atoms with Gasteiger partial charge in [0.05, 0.1) is 21.8 Å². The van der Waals surface area contributed by atoms with Crippen molar-refractivity contribution in [3.63, 3.8) is 0 Å². The minimum Gasteiger partial charge on any atom is -0.504 e. The van der Waals surface area contributed by atoms with Gasteiger partial charge in [-0.3, -0.25) is 0 Å². The summed E-state index contributed by atoms with van der Waals surface area (Å²) in [6, 6.07) is 0.990. The maximum atomic E-state index is 12.6. The van der Waals surface area contributed by atoms with Crippen LogP contribution < -0.4 is 0 Å². The Morgan fingerprint density at radius 1 is 0.955 bits per heavy atom. The van der Waals surface area contributed by atoms with Gasteiger partial charge in [-0.15, -0.1) is 0 Å². The van der Waals surface area contributed by atoms with E-state index in [2.05, 4.69) is 5.10 Å². The van der Waals surface area contributed by atoms with E-state index in [0.717, 1.165) is 0 Å². The molecule has 0 spiro atoms. The molecule has 1 N–H and O–H groups in total. The molecule has 0 saturated carbocycles. The molecular weight excluding hydrogens is 361 g/mol. The van der Waals surface area contributed by atoms with Crippen LogP contribution in [0.5, 0.6) is 5.75 Å². The second-order valence-corrected chi connectivity index (χ2v) is 4.91. The molecule has 0 bridgehead atoms. The fourth-order valence-electron chi connectivity index (χ4n) is 1.63. The molecule has 22 heavy (non-hydrogen) atoms. The third-order valence-electron chi connectivity index (χ3n) is 2.54. The number of hydrogen-bond acceptors (Lipinski definition) is 2. The number of alkyl halides is 6.